The van der Waals surface area contributed by atoms with Crippen molar-refractivity contribution >= 4 is 35.8 Å². The minimum Gasteiger partial charge on any atom is -0.352 e. The SMILES string of the molecule is CCN(CC)Cc1ccccc1CNC(=NC)NCc1ccc(C(=O)N(C)C)cc1.I. The molecule has 170 valence electrons. The number of guanidine groups is 1. The monoisotopic (exact) mass is 537 g/mol. The van der Waals surface area contributed by atoms with Crippen LogP contribution in [-0.4, -0.2) is 55.9 Å². The van der Waals surface area contributed by atoms with E-state index in [9.17, 15) is 4.79 Å². The number of carbonyl (C=O) groups is 1. The fourth-order valence-corrected chi connectivity index (χ4v) is 3.18. The predicted octanol–water partition coefficient (Wildman–Crippen LogP) is 3.71. The highest BCUT2D eigenvalue weighted by molar-refractivity contribution is 14.0. The van der Waals surface area contributed by atoms with Gasteiger partial charge in [-0.25, -0.2) is 0 Å². The summed E-state index contributed by atoms with van der Waals surface area (Å²) in [6, 6.07) is 16.2. The molecule has 2 aromatic carbocycles. The van der Waals surface area contributed by atoms with E-state index in [2.05, 4.69) is 58.6 Å². The molecular formula is C24H36IN5O. The average Bonchev–Trinajstić information content (AvgIpc) is 2.78. The highest BCUT2D eigenvalue weighted by Crippen LogP contribution is 2.12. The highest BCUT2D eigenvalue weighted by atomic mass is 127. The van der Waals surface area contributed by atoms with E-state index in [4.69, 9.17) is 0 Å². The Morgan fingerprint density at radius 3 is 2.03 bits per heavy atom. The van der Waals surface area contributed by atoms with Crippen LogP contribution in [0, 0.1) is 0 Å². The number of rotatable bonds is 9. The second-order valence-corrected chi connectivity index (χ2v) is 7.41. The molecule has 6 nitrogen and oxygen atoms in total. The summed E-state index contributed by atoms with van der Waals surface area (Å²) in [5.41, 5.74) is 4.40. The van der Waals surface area contributed by atoms with Gasteiger partial charge in [-0.1, -0.05) is 50.2 Å². The zero-order valence-corrected chi connectivity index (χ0v) is 21.6. The molecule has 7 heteroatoms. The van der Waals surface area contributed by atoms with E-state index in [0.717, 1.165) is 31.2 Å². The Kier molecular flexibility index (Phi) is 12.2. The van der Waals surface area contributed by atoms with Gasteiger partial charge in [-0.15, -0.1) is 24.0 Å². The third-order valence-corrected chi connectivity index (χ3v) is 5.14. The van der Waals surface area contributed by atoms with E-state index in [-0.39, 0.29) is 29.9 Å². The second-order valence-electron chi connectivity index (χ2n) is 7.41. The highest BCUT2D eigenvalue weighted by Gasteiger charge is 2.09. The Balaban J connectivity index is 0.00000480. The number of nitrogens with zero attached hydrogens (tertiary/aromatic N) is 3. The normalized spacial score (nSPS) is 11.1. The van der Waals surface area contributed by atoms with Crippen molar-refractivity contribution < 1.29 is 4.79 Å². The summed E-state index contributed by atoms with van der Waals surface area (Å²) in [7, 11) is 5.29. The molecule has 2 aromatic rings. The Bertz CT molecular complexity index is 832. The van der Waals surface area contributed by atoms with Gasteiger partial charge < -0.3 is 15.5 Å². The lowest BCUT2D eigenvalue weighted by Gasteiger charge is -2.20. The van der Waals surface area contributed by atoms with Crippen LogP contribution in [0.3, 0.4) is 0 Å². The second kappa shape index (κ2) is 14.0. The summed E-state index contributed by atoms with van der Waals surface area (Å²) in [6.45, 7) is 8.78. The molecule has 0 aliphatic carbocycles. The van der Waals surface area contributed by atoms with Crippen molar-refractivity contribution in [3.63, 3.8) is 0 Å². The van der Waals surface area contributed by atoms with Crippen LogP contribution in [0.5, 0.6) is 0 Å². The molecule has 0 aliphatic rings. The van der Waals surface area contributed by atoms with Crippen LogP contribution in [0.1, 0.15) is 40.9 Å². The third kappa shape index (κ3) is 8.49. The van der Waals surface area contributed by atoms with Crippen molar-refractivity contribution in [2.24, 2.45) is 4.99 Å². The molecule has 0 aromatic heterocycles. The summed E-state index contributed by atoms with van der Waals surface area (Å²) < 4.78 is 0. The van der Waals surface area contributed by atoms with E-state index in [1.165, 1.54) is 11.1 Å². The maximum absolute atomic E-state index is 12.0. The minimum atomic E-state index is 0. The first kappa shape index (κ1) is 26.9. The van der Waals surface area contributed by atoms with Gasteiger partial charge in [0.25, 0.3) is 5.91 Å². The van der Waals surface area contributed by atoms with Crippen LogP contribution in [0.4, 0.5) is 0 Å². The van der Waals surface area contributed by atoms with Gasteiger partial charge in [-0.3, -0.25) is 14.7 Å². The van der Waals surface area contributed by atoms with E-state index in [1.54, 1.807) is 26.0 Å². The van der Waals surface area contributed by atoms with Crippen LogP contribution in [0.25, 0.3) is 0 Å². The molecule has 0 bridgehead atoms. The standard InChI is InChI=1S/C24H35N5O.HI/c1-6-29(7-2)18-22-11-9-8-10-21(22)17-27-24(25-3)26-16-19-12-14-20(15-13-19)23(30)28(4)5;/h8-15H,6-7,16-18H2,1-5H3,(H2,25,26,27);1H. The van der Waals surface area contributed by atoms with Crippen molar-refractivity contribution in [3.8, 4) is 0 Å². The molecule has 0 heterocycles. The van der Waals surface area contributed by atoms with Crippen molar-refractivity contribution in [2.45, 2.75) is 33.5 Å². The molecule has 2 rings (SSSR count). The maximum atomic E-state index is 12.0. The molecule has 0 saturated heterocycles. The smallest absolute Gasteiger partial charge is 0.253 e. The Labute approximate surface area is 204 Å². The number of carbonyl (C=O) groups excluding carboxylic acids is 1. The first-order valence-electron chi connectivity index (χ1n) is 10.5. The largest absolute Gasteiger partial charge is 0.352 e. The van der Waals surface area contributed by atoms with E-state index in [1.807, 2.05) is 24.3 Å². The van der Waals surface area contributed by atoms with E-state index >= 15 is 0 Å². The molecule has 1 amide bonds. The van der Waals surface area contributed by atoms with Gasteiger partial charge >= 0.3 is 0 Å². The predicted molar refractivity (Wildman–Crippen MR) is 140 cm³/mol. The average molecular weight is 537 g/mol. The van der Waals surface area contributed by atoms with Crippen LogP contribution >= 0.6 is 24.0 Å². The quantitative estimate of drug-likeness (QED) is 0.291. The molecular weight excluding hydrogens is 501 g/mol. The van der Waals surface area contributed by atoms with Crippen LogP contribution in [0.2, 0.25) is 0 Å². The van der Waals surface area contributed by atoms with Gasteiger partial charge in [0.05, 0.1) is 0 Å². The van der Waals surface area contributed by atoms with Gasteiger partial charge in [0.2, 0.25) is 0 Å². The summed E-state index contributed by atoms with van der Waals surface area (Å²) in [6.07, 6.45) is 0. The lowest BCUT2D eigenvalue weighted by molar-refractivity contribution is 0.0827. The van der Waals surface area contributed by atoms with Crippen LogP contribution in [-0.2, 0) is 19.6 Å². The Hall–Kier alpha value is -2.13. The lowest BCUT2D eigenvalue weighted by atomic mass is 10.1. The fourth-order valence-electron chi connectivity index (χ4n) is 3.18. The number of amides is 1. The summed E-state index contributed by atoms with van der Waals surface area (Å²) in [5, 5.41) is 6.75. The lowest BCUT2D eigenvalue weighted by Crippen LogP contribution is -2.36. The van der Waals surface area contributed by atoms with Gasteiger partial charge in [0, 0.05) is 46.3 Å². The number of halogens is 1. The molecule has 0 fully saturated rings. The van der Waals surface area contributed by atoms with Crippen molar-refractivity contribution in [1.29, 1.82) is 0 Å². The molecule has 2 N–H and O–H groups in total. The van der Waals surface area contributed by atoms with Gasteiger partial charge in [0.1, 0.15) is 0 Å². The summed E-state index contributed by atoms with van der Waals surface area (Å²) >= 11 is 0. The van der Waals surface area contributed by atoms with Crippen molar-refractivity contribution in [2.75, 3.05) is 34.2 Å². The number of benzene rings is 2. The minimum absolute atomic E-state index is 0. The van der Waals surface area contributed by atoms with E-state index in [0.29, 0.717) is 18.7 Å². The van der Waals surface area contributed by atoms with E-state index < -0.39 is 0 Å². The van der Waals surface area contributed by atoms with Crippen LogP contribution in [0.15, 0.2) is 53.5 Å². The molecule has 0 saturated carbocycles. The molecule has 0 radical (unpaired) electrons. The Morgan fingerprint density at radius 1 is 0.903 bits per heavy atom. The summed E-state index contributed by atoms with van der Waals surface area (Å²) in [4.78, 5) is 20.3. The number of aliphatic imine (C=N–C) groups is 1. The van der Waals surface area contributed by atoms with Gasteiger partial charge in [0.15, 0.2) is 5.96 Å². The molecule has 31 heavy (non-hydrogen) atoms. The molecule has 0 unspecified atom stereocenters. The van der Waals surface area contributed by atoms with Crippen molar-refractivity contribution in [1.82, 2.24) is 20.4 Å². The number of hydrogen-bond acceptors (Lipinski definition) is 3. The first-order chi connectivity index (χ1) is 14.5. The maximum Gasteiger partial charge on any atom is 0.253 e. The fraction of sp³-hybridized carbons (Fsp3) is 0.417. The topological polar surface area (TPSA) is 60.0 Å². The Morgan fingerprint density at radius 2 is 1.48 bits per heavy atom. The van der Waals surface area contributed by atoms with Gasteiger partial charge in [-0.2, -0.15) is 0 Å². The zero-order valence-electron chi connectivity index (χ0n) is 19.3. The molecule has 0 spiro atoms. The molecule has 0 aliphatic heterocycles. The first-order valence-corrected chi connectivity index (χ1v) is 10.5. The van der Waals surface area contributed by atoms with Gasteiger partial charge in [-0.05, 0) is 41.9 Å². The number of nitrogens with one attached hydrogen (secondary N) is 2. The van der Waals surface area contributed by atoms with Crippen LogP contribution < -0.4 is 10.6 Å². The number of hydrogen-bond donors (Lipinski definition) is 2. The third-order valence-electron chi connectivity index (χ3n) is 5.14. The van der Waals surface area contributed by atoms with Crippen molar-refractivity contribution in [3.05, 3.63) is 70.8 Å². The molecule has 0 atom stereocenters. The zero-order chi connectivity index (χ0) is 21.9. The summed E-state index contributed by atoms with van der Waals surface area (Å²) in [5.74, 6) is 0.761.